The highest BCUT2D eigenvalue weighted by Crippen LogP contribution is 2.19. The zero-order chi connectivity index (χ0) is 12.3. The van der Waals surface area contributed by atoms with Gasteiger partial charge in [-0.2, -0.15) is 0 Å². The van der Waals surface area contributed by atoms with Crippen LogP contribution < -0.4 is 5.32 Å². The highest BCUT2D eigenvalue weighted by Gasteiger charge is 2.08. The molecular weight excluding hydrogens is 234 g/mol. The van der Waals surface area contributed by atoms with E-state index in [1.807, 2.05) is 20.1 Å². The highest BCUT2D eigenvalue weighted by atomic mass is 32.2. The summed E-state index contributed by atoms with van der Waals surface area (Å²) >= 11 is 1.48. The maximum Gasteiger partial charge on any atom is 0.191 e. The number of aromatic nitrogens is 4. The number of imidazole rings is 1. The summed E-state index contributed by atoms with van der Waals surface area (Å²) in [6, 6.07) is 2.89. The number of fused-ring (bicyclic) bond motifs is 1. The summed E-state index contributed by atoms with van der Waals surface area (Å²) in [5, 5.41) is 3.66. The number of hydrogen-bond donors (Lipinski definition) is 2. The Morgan fingerprint density at radius 2 is 2.24 bits per heavy atom. The first-order chi connectivity index (χ1) is 8.20. The van der Waals surface area contributed by atoms with Gasteiger partial charge in [-0.3, -0.25) is 5.32 Å². The number of H-pyrrole nitrogens is 1. The molecule has 88 valence electrons. The lowest BCUT2D eigenvalue weighted by Crippen LogP contribution is -1.98. The van der Waals surface area contributed by atoms with E-state index in [2.05, 4.69) is 37.2 Å². The summed E-state index contributed by atoms with van der Waals surface area (Å²) in [6.45, 7) is 4.07. The van der Waals surface area contributed by atoms with Crippen LogP contribution in [0.2, 0.25) is 0 Å². The fourth-order valence-corrected chi connectivity index (χ4v) is 1.59. The monoisotopic (exact) mass is 247 g/mol. The van der Waals surface area contributed by atoms with E-state index < -0.39 is 0 Å². The van der Waals surface area contributed by atoms with Crippen LogP contribution in [0.15, 0.2) is 11.5 Å². The Morgan fingerprint density at radius 1 is 1.41 bits per heavy atom. The first kappa shape index (κ1) is 11.7. The van der Waals surface area contributed by atoms with Crippen molar-refractivity contribution in [3.8, 4) is 12.0 Å². The summed E-state index contributed by atoms with van der Waals surface area (Å²) in [4.78, 5) is 15.8. The molecule has 2 rings (SSSR count). The Morgan fingerprint density at radius 3 is 2.94 bits per heavy atom. The average molecular weight is 247 g/mol. The molecule has 0 fully saturated rings. The first-order valence-electron chi connectivity index (χ1n) is 5.22. The topological polar surface area (TPSA) is 66.5 Å². The lowest BCUT2D eigenvalue weighted by Gasteiger charge is -2.01. The van der Waals surface area contributed by atoms with E-state index in [-0.39, 0.29) is 0 Å². The Labute approximate surface area is 104 Å². The van der Waals surface area contributed by atoms with E-state index in [1.165, 1.54) is 11.8 Å². The maximum absolute atomic E-state index is 4.36. The van der Waals surface area contributed by atoms with Gasteiger partial charge in [0, 0.05) is 12.0 Å². The van der Waals surface area contributed by atoms with E-state index in [0.717, 1.165) is 5.52 Å². The first-order valence-corrected chi connectivity index (χ1v) is 6.45. The van der Waals surface area contributed by atoms with E-state index in [1.54, 1.807) is 6.33 Å². The van der Waals surface area contributed by atoms with Gasteiger partial charge in [-0.05, 0) is 6.26 Å². The van der Waals surface area contributed by atoms with Gasteiger partial charge in [0.1, 0.15) is 5.52 Å². The fraction of sp³-hybridized carbons (Fsp3) is 0.364. The minimum Gasteiger partial charge on any atom is -0.340 e. The molecule has 0 amide bonds. The Kier molecular flexibility index (Phi) is 3.49. The fourth-order valence-electron chi connectivity index (χ4n) is 1.23. The standard InChI is InChI=1S/C11H13N5S/c1-7(2)4-5-12-9-8-10(14-6-13-8)16-11(15-9)17-3/h6-7H,1-3H3,(H2,12,13,14,15,16). The SMILES string of the molecule is CSc1nc(NC#CC(C)C)c2[nH]cnc2n1. The van der Waals surface area contributed by atoms with Crippen molar-refractivity contribution >= 4 is 28.7 Å². The van der Waals surface area contributed by atoms with E-state index in [9.17, 15) is 0 Å². The van der Waals surface area contributed by atoms with Gasteiger partial charge in [-0.25, -0.2) is 15.0 Å². The number of nitrogens with one attached hydrogen (secondary N) is 2. The molecule has 0 aliphatic carbocycles. The number of rotatable bonds is 2. The van der Waals surface area contributed by atoms with E-state index in [4.69, 9.17) is 0 Å². The second-order valence-corrected chi connectivity index (χ2v) is 4.48. The molecule has 0 saturated carbocycles. The number of aromatic amines is 1. The van der Waals surface area contributed by atoms with Crippen LogP contribution in [0.1, 0.15) is 13.8 Å². The summed E-state index contributed by atoms with van der Waals surface area (Å²) in [5.41, 5.74) is 1.43. The van der Waals surface area contributed by atoms with Crippen molar-refractivity contribution in [3.63, 3.8) is 0 Å². The zero-order valence-electron chi connectivity index (χ0n) is 9.90. The normalized spacial score (nSPS) is 10.4. The van der Waals surface area contributed by atoms with Gasteiger partial charge < -0.3 is 4.98 Å². The van der Waals surface area contributed by atoms with Crippen LogP contribution in [-0.2, 0) is 0 Å². The molecule has 5 nitrogen and oxygen atoms in total. The van der Waals surface area contributed by atoms with Crippen molar-refractivity contribution in [2.45, 2.75) is 19.0 Å². The van der Waals surface area contributed by atoms with Gasteiger partial charge in [0.05, 0.1) is 6.33 Å². The Hall–Kier alpha value is -1.74. The lowest BCUT2D eigenvalue weighted by molar-refractivity contribution is 0.866. The van der Waals surface area contributed by atoms with Crippen molar-refractivity contribution in [1.82, 2.24) is 19.9 Å². The molecule has 2 aromatic heterocycles. The lowest BCUT2D eigenvalue weighted by atomic mass is 10.2. The van der Waals surface area contributed by atoms with Gasteiger partial charge in [0.15, 0.2) is 16.6 Å². The van der Waals surface area contributed by atoms with E-state index >= 15 is 0 Å². The van der Waals surface area contributed by atoms with Crippen molar-refractivity contribution in [2.75, 3.05) is 11.6 Å². The molecule has 0 unspecified atom stereocenters. The van der Waals surface area contributed by atoms with Crippen LogP contribution in [-0.4, -0.2) is 26.2 Å². The second-order valence-electron chi connectivity index (χ2n) is 3.71. The molecule has 2 heterocycles. The molecule has 0 saturated heterocycles. The summed E-state index contributed by atoms with van der Waals surface area (Å²) in [5.74, 6) is 4.02. The predicted octanol–water partition coefficient (Wildman–Crippen LogP) is 2.10. The molecule has 2 N–H and O–H groups in total. The molecule has 0 aliphatic rings. The molecule has 0 radical (unpaired) electrons. The van der Waals surface area contributed by atoms with Crippen molar-refractivity contribution < 1.29 is 0 Å². The minimum absolute atomic E-state index is 0.321. The Balaban J connectivity index is 2.38. The molecular formula is C11H13N5S. The molecule has 17 heavy (non-hydrogen) atoms. The predicted molar refractivity (Wildman–Crippen MR) is 69.7 cm³/mol. The largest absolute Gasteiger partial charge is 0.340 e. The summed E-state index contributed by atoms with van der Waals surface area (Å²) < 4.78 is 0. The van der Waals surface area contributed by atoms with Gasteiger partial charge in [0.2, 0.25) is 0 Å². The minimum atomic E-state index is 0.321. The van der Waals surface area contributed by atoms with Crippen LogP contribution in [0, 0.1) is 17.9 Å². The third-order valence-electron chi connectivity index (χ3n) is 1.99. The van der Waals surface area contributed by atoms with Gasteiger partial charge >= 0.3 is 0 Å². The van der Waals surface area contributed by atoms with Gasteiger partial charge in [0.25, 0.3) is 0 Å². The van der Waals surface area contributed by atoms with Crippen LogP contribution >= 0.6 is 11.8 Å². The number of hydrogen-bond acceptors (Lipinski definition) is 5. The quantitative estimate of drug-likeness (QED) is 0.368. The molecule has 2 aromatic rings. The third-order valence-corrected chi connectivity index (χ3v) is 2.54. The average Bonchev–Trinajstić information content (AvgIpc) is 2.76. The molecule has 6 heteroatoms. The van der Waals surface area contributed by atoms with Gasteiger partial charge in [-0.15, -0.1) is 0 Å². The smallest absolute Gasteiger partial charge is 0.191 e. The zero-order valence-corrected chi connectivity index (χ0v) is 10.7. The molecule has 0 aromatic carbocycles. The van der Waals surface area contributed by atoms with Gasteiger partial charge in [-0.1, -0.05) is 31.5 Å². The van der Waals surface area contributed by atoms with Crippen LogP contribution in [0.4, 0.5) is 5.82 Å². The number of nitrogens with zero attached hydrogens (tertiary/aromatic N) is 3. The Bertz CT molecular complexity index is 578. The number of thioether (sulfide) groups is 1. The summed E-state index contributed by atoms with van der Waals surface area (Å²) in [6.07, 6.45) is 3.53. The summed E-state index contributed by atoms with van der Waals surface area (Å²) in [7, 11) is 0. The van der Waals surface area contributed by atoms with Crippen LogP contribution in [0.3, 0.4) is 0 Å². The number of anilines is 1. The third kappa shape index (κ3) is 2.68. The second kappa shape index (κ2) is 5.06. The van der Waals surface area contributed by atoms with Crippen molar-refractivity contribution in [3.05, 3.63) is 6.33 Å². The highest BCUT2D eigenvalue weighted by molar-refractivity contribution is 7.98. The van der Waals surface area contributed by atoms with E-state index in [0.29, 0.717) is 22.5 Å². The van der Waals surface area contributed by atoms with Crippen LogP contribution in [0.25, 0.3) is 11.2 Å². The van der Waals surface area contributed by atoms with Crippen molar-refractivity contribution in [1.29, 1.82) is 0 Å². The maximum atomic E-state index is 4.36. The van der Waals surface area contributed by atoms with Crippen molar-refractivity contribution in [2.24, 2.45) is 5.92 Å². The molecule has 0 atom stereocenters. The van der Waals surface area contributed by atoms with Crippen LogP contribution in [0.5, 0.6) is 0 Å². The molecule has 0 aliphatic heterocycles. The molecule has 0 spiro atoms. The molecule has 0 bridgehead atoms.